The van der Waals surface area contributed by atoms with Crippen molar-refractivity contribution >= 4 is 12.0 Å². The summed E-state index contributed by atoms with van der Waals surface area (Å²) in [6.07, 6.45) is -3.91. The van der Waals surface area contributed by atoms with Crippen LogP contribution in [0.15, 0.2) is 42.5 Å². The number of hydrogen-bond donors (Lipinski definition) is 2. The highest BCUT2D eigenvalue weighted by molar-refractivity contribution is 5.87. The van der Waals surface area contributed by atoms with E-state index in [1.165, 1.54) is 0 Å². The maximum Gasteiger partial charge on any atom is 0.416 e. The third kappa shape index (κ3) is 5.01. The van der Waals surface area contributed by atoms with Gasteiger partial charge in [-0.2, -0.15) is 0 Å². The fourth-order valence-electron chi connectivity index (χ4n) is 4.39. The number of carbonyl (C=O) groups excluding carboxylic acids is 2. The molecule has 0 aromatic heterocycles. The maximum absolute atomic E-state index is 14.4. The lowest BCUT2D eigenvalue weighted by Crippen LogP contribution is -2.61. The van der Waals surface area contributed by atoms with Gasteiger partial charge in [-0.3, -0.25) is 9.69 Å². The van der Waals surface area contributed by atoms with E-state index in [-0.39, 0.29) is 37.2 Å². The monoisotopic (exact) mass is 479 g/mol. The third-order valence-corrected chi connectivity index (χ3v) is 6.22. The molecule has 2 aliphatic rings. The normalized spacial score (nSPS) is 24.1. The molecule has 6 nitrogen and oxygen atoms in total. The Morgan fingerprint density at radius 3 is 2.65 bits per heavy atom. The summed E-state index contributed by atoms with van der Waals surface area (Å²) >= 11 is 0. The van der Waals surface area contributed by atoms with Gasteiger partial charge in [-0.05, 0) is 24.6 Å². The predicted octanol–water partition coefficient (Wildman–Crippen LogP) is 3.43. The lowest BCUT2D eigenvalue weighted by molar-refractivity contribution is -0.127. The van der Waals surface area contributed by atoms with Crippen molar-refractivity contribution in [1.82, 2.24) is 15.5 Å². The SMILES string of the molecule is C[C@@H](NC(=O)[C@H](Cc1ccccc1)N1Cc2c(ccc(F)c2F)OC1=O)C1NCC(F)CC1F. The molecule has 1 saturated heterocycles. The first kappa shape index (κ1) is 24.0. The standard InChI is InChI=1S/C24H25F4N3O3/c1-13(22-18(27)10-15(25)11-29-22)30-23(32)19(9-14-5-3-2-4-6-14)31-12-16-20(34-24(31)33)8-7-17(26)21(16)28/h2-8,13,15,18-19,22,29H,9-12H2,1H3,(H,30,32)/t13-,15?,18?,19+,22?/m1/s1. The number of piperidine rings is 1. The van der Waals surface area contributed by atoms with Gasteiger partial charge in [-0.15, -0.1) is 0 Å². The van der Waals surface area contributed by atoms with Gasteiger partial charge in [0.1, 0.15) is 24.1 Å². The highest BCUT2D eigenvalue weighted by atomic mass is 19.2. The van der Waals surface area contributed by atoms with Crippen molar-refractivity contribution in [2.75, 3.05) is 6.54 Å². The minimum absolute atomic E-state index is 0.0290. The molecule has 0 bridgehead atoms. The van der Waals surface area contributed by atoms with Gasteiger partial charge in [0.2, 0.25) is 5.91 Å². The second-order valence-electron chi connectivity index (χ2n) is 8.62. The van der Waals surface area contributed by atoms with Gasteiger partial charge in [0, 0.05) is 25.4 Å². The zero-order valence-corrected chi connectivity index (χ0v) is 18.4. The van der Waals surface area contributed by atoms with E-state index < -0.39 is 54.1 Å². The average Bonchev–Trinajstić information content (AvgIpc) is 2.80. The van der Waals surface area contributed by atoms with Gasteiger partial charge in [-0.1, -0.05) is 30.3 Å². The minimum Gasteiger partial charge on any atom is -0.410 e. The van der Waals surface area contributed by atoms with Crippen LogP contribution < -0.4 is 15.4 Å². The number of ether oxygens (including phenoxy) is 1. The second-order valence-corrected chi connectivity index (χ2v) is 8.62. The molecule has 2 N–H and O–H groups in total. The van der Waals surface area contributed by atoms with Crippen LogP contribution in [0.3, 0.4) is 0 Å². The molecule has 2 aromatic rings. The van der Waals surface area contributed by atoms with Crippen LogP contribution >= 0.6 is 0 Å². The van der Waals surface area contributed by atoms with Crippen molar-refractivity contribution in [3.05, 3.63) is 65.2 Å². The quantitative estimate of drug-likeness (QED) is 0.623. The summed E-state index contributed by atoms with van der Waals surface area (Å²) < 4.78 is 61.3. The van der Waals surface area contributed by atoms with Crippen LogP contribution in [0.1, 0.15) is 24.5 Å². The number of benzene rings is 2. The molecule has 0 spiro atoms. The Morgan fingerprint density at radius 1 is 1.21 bits per heavy atom. The fraction of sp³-hybridized carbons (Fsp3) is 0.417. The van der Waals surface area contributed by atoms with Crippen molar-refractivity contribution in [1.29, 1.82) is 0 Å². The molecule has 2 aromatic carbocycles. The molecule has 4 rings (SSSR count). The van der Waals surface area contributed by atoms with Crippen molar-refractivity contribution in [2.24, 2.45) is 0 Å². The zero-order valence-electron chi connectivity index (χ0n) is 18.4. The molecule has 3 unspecified atom stereocenters. The highest BCUT2D eigenvalue weighted by Gasteiger charge is 2.39. The summed E-state index contributed by atoms with van der Waals surface area (Å²) in [5.41, 5.74) is 0.540. The second kappa shape index (κ2) is 10.0. The molecule has 5 atom stereocenters. The molecule has 182 valence electrons. The summed E-state index contributed by atoms with van der Waals surface area (Å²) in [5, 5.41) is 5.47. The van der Waals surface area contributed by atoms with Gasteiger partial charge in [0.05, 0.1) is 18.2 Å². The van der Waals surface area contributed by atoms with Crippen LogP contribution in [0.25, 0.3) is 0 Å². The van der Waals surface area contributed by atoms with Gasteiger partial charge < -0.3 is 15.4 Å². The molecular formula is C24H25F4N3O3. The number of halogens is 4. The van der Waals surface area contributed by atoms with E-state index in [4.69, 9.17) is 4.74 Å². The minimum atomic E-state index is -1.50. The van der Waals surface area contributed by atoms with E-state index in [1.54, 1.807) is 37.3 Å². The Hall–Kier alpha value is -3.14. The zero-order chi connectivity index (χ0) is 24.4. The largest absolute Gasteiger partial charge is 0.416 e. The molecule has 2 amide bonds. The van der Waals surface area contributed by atoms with E-state index in [2.05, 4.69) is 10.6 Å². The number of fused-ring (bicyclic) bond motifs is 1. The van der Waals surface area contributed by atoms with E-state index in [0.29, 0.717) is 5.56 Å². The van der Waals surface area contributed by atoms with E-state index in [0.717, 1.165) is 17.0 Å². The van der Waals surface area contributed by atoms with E-state index >= 15 is 0 Å². The topological polar surface area (TPSA) is 70.7 Å². The fourth-order valence-corrected chi connectivity index (χ4v) is 4.39. The maximum atomic E-state index is 14.4. The summed E-state index contributed by atoms with van der Waals surface area (Å²) in [4.78, 5) is 27.1. The Labute approximate surface area is 194 Å². The van der Waals surface area contributed by atoms with Gasteiger partial charge >= 0.3 is 6.09 Å². The molecule has 34 heavy (non-hydrogen) atoms. The molecule has 0 saturated carbocycles. The van der Waals surface area contributed by atoms with Crippen LogP contribution in [-0.2, 0) is 17.8 Å². The molecular weight excluding hydrogens is 454 g/mol. The highest BCUT2D eigenvalue weighted by Crippen LogP contribution is 2.31. The first-order chi connectivity index (χ1) is 16.2. The molecule has 2 heterocycles. The van der Waals surface area contributed by atoms with Crippen molar-refractivity contribution in [3.63, 3.8) is 0 Å². The Kier molecular flexibility index (Phi) is 7.06. The van der Waals surface area contributed by atoms with Crippen molar-refractivity contribution in [2.45, 2.75) is 56.8 Å². The van der Waals surface area contributed by atoms with Gasteiger partial charge in [0.25, 0.3) is 0 Å². The van der Waals surface area contributed by atoms with Crippen LogP contribution in [0.2, 0.25) is 0 Å². The number of hydrogen-bond acceptors (Lipinski definition) is 4. The van der Waals surface area contributed by atoms with E-state index in [1.807, 2.05) is 0 Å². The summed E-state index contributed by atoms with van der Waals surface area (Å²) in [7, 11) is 0. The average molecular weight is 479 g/mol. The lowest BCUT2D eigenvalue weighted by Gasteiger charge is -2.37. The van der Waals surface area contributed by atoms with Gasteiger partial charge in [0.15, 0.2) is 11.6 Å². The first-order valence-corrected chi connectivity index (χ1v) is 11.1. The molecule has 1 fully saturated rings. The van der Waals surface area contributed by atoms with Crippen LogP contribution in [0, 0.1) is 11.6 Å². The Bertz CT molecular complexity index is 1060. The summed E-state index contributed by atoms with van der Waals surface area (Å²) in [6.45, 7) is 1.17. The first-order valence-electron chi connectivity index (χ1n) is 11.1. The van der Waals surface area contributed by atoms with Crippen LogP contribution in [0.4, 0.5) is 22.4 Å². The number of carbonyl (C=O) groups is 2. The number of nitrogens with zero attached hydrogens (tertiary/aromatic N) is 1. The van der Waals surface area contributed by atoms with Gasteiger partial charge in [-0.25, -0.2) is 22.4 Å². The predicted molar refractivity (Wildman–Crippen MR) is 116 cm³/mol. The smallest absolute Gasteiger partial charge is 0.410 e. The molecule has 0 radical (unpaired) electrons. The molecule has 10 heteroatoms. The number of rotatable bonds is 6. The number of alkyl halides is 2. The van der Waals surface area contributed by atoms with Crippen LogP contribution in [0.5, 0.6) is 5.75 Å². The summed E-state index contributed by atoms with van der Waals surface area (Å²) in [5.74, 6) is -2.99. The summed E-state index contributed by atoms with van der Waals surface area (Å²) in [6, 6.07) is 8.17. The molecule has 2 aliphatic heterocycles. The van der Waals surface area contributed by atoms with E-state index in [9.17, 15) is 27.2 Å². The Balaban J connectivity index is 1.58. The number of nitrogens with one attached hydrogen (secondary N) is 2. The lowest BCUT2D eigenvalue weighted by atomic mass is 9.95. The van der Waals surface area contributed by atoms with Crippen molar-refractivity contribution in [3.8, 4) is 5.75 Å². The van der Waals surface area contributed by atoms with Crippen LogP contribution in [-0.4, -0.2) is 53.9 Å². The van der Waals surface area contributed by atoms with Crippen molar-refractivity contribution < 1.29 is 31.9 Å². The molecule has 0 aliphatic carbocycles. The third-order valence-electron chi connectivity index (χ3n) is 6.22. The number of amides is 2. The Morgan fingerprint density at radius 2 is 1.94 bits per heavy atom.